The first-order valence-electron chi connectivity index (χ1n) is 16.9. The van der Waals surface area contributed by atoms with Gasteiger partial charge in [0.2, 0.25) is 0 Å². The Bertz CT molecular complexity index is 2790. The number of benzene rings is 6. The highest BCUT2D eigenvalue weighted by Crippen LogP contribution is 2.38. The predicted octanol–water partition coefficient (Wildman–Crippen LogP) is 11.7. The molecule has 0 spiro atoms. The number of hydrogen-bond donors (Lipinski definition) is 0. The van der Waals surface area contributed by atoms with E-state index in [4.69, 9.17) is 9.97 Å². The Morgan fingerprint density at radius 2 is 0.940 bits per heavy atom. The Kier molecular flexibility index (Phi) is 6.46. The van der Waals surface area contributed by atoms with E-state index in [1.807, 2.05) is 18.3 Å². The fourth-order valence-corrected chi connectivity index (χ4v) is 7.45. The van der Waals surface area contributed by atoms with Crippen LogP contribution < -0.4 is 0 Å². The van der Waals surface area contributed by atoms with Crippen LogP contribution in [0, 0.1) is 0 Å². The van der Waals surface area contributed by atoms with Crippen molar-refractivity contribution in [1.29, 1.82) is 0 Å². The van der Waals surface area contributed by atoms with Crippen molar-refractivity contribution in [1.82, 2.24) is 19.1 Å². The molecule has 4 aromatic heterocycles. The van der Waals surface area contributed by atoms with Gasteiger partial charge in [0.25, 0.3) is 0 Å². The summed E-state index contributed by atoms with van der Waals surface area (Å²) in [6.07, 6.45) is 1.87. The standard InChI is InChI=1S/C46H30N4/c1-4-13-31(14-5-1)35-27-41(32-15-6-2-7-16-32)48-45(30-35)50-44-29-34(23-25-39(44)40-20-12-26-47-46(40)50)33-22-24-38-37-19-10-11-21-42(37)49(43(38)28-33)36-17-8-3-9-18-36/h1-30H. The zero-order valence-electron chi connectivity index (χ0n) is 27.1. The van der Waals surface area contributed by atoms with E-state index in [1.165, 1.54) is 21.8 Å². The van der Waals surface area contributed by atoms with Crippen LogP contribution in [0.2, 0.25) is 0 Å². The molecule has 0 unspecified atom stereocenters. The Morgan fingerprint density at radius 1 is 0.360 bits per heavy atom. The molecule has 4 heterocycles. The molecular formula is C46H30N4. The maximum atomic E-state index is 5.30. The average molecular weight is 639 g/mol. The van der Waals surface area contributed by atoms with Crippen LogP contribution >= 0.6 is 0 Å². The Hall–Kier alpha value is -6.78. The van der Waals surface area contributed by atoms with Crippen LogP contribution in [-0.2, 0) is 0 Å². The van der Waals surface area contributed by atoms with E-state index >= 15 is 0 Å². The molecule has 0 atom stereocenters. The van der Waals surface area contributed by atoms with Gasteiger partial charge in [-0.2, -0.15) is 0 Å². The summed E-state index contributed by atoms with van der Waals surface area (Å²) in [5.74, 6) is 0.834. The first-order valence-corrected chi connectivity index (χ1v) is 16.9. The molecule has 0 saturated heterocycles. The van der Waals surface area contributed by atoms with Crippen LogP contribution in [0.4, 0.5) is 0 Å². The van der Waals surface area contributed by atoms with Gasteiger partial charge in [-0.1, -0.05) is 121 Å². The fraction of sp³-hybridized carbons (Fsp3) is 0. The second kappa shape index (κ2) is 11.4. The monoisotopic (exact) mass is 638 g/mol. The normalized spacial score (nSPS) is 11.6. The summed E-state index contributed by atoms with van der Waals surface area (Å²) in [5.41, 5.74) is 12.0. The summed E-state index contributed by atoms with van der Waals surface area (Å²) in [6, 6.07) is 62.4. The highest BCUT2D eigenvalue weighted by molar-refractivity contribution is 6.11. The van der Waals surface area contributed by atoms with Gasteiger partial charge in [0.1, 0.15) is 11.5 Å². The van der Waals surface area contributed by atoms with E-state index in [0.717, 1.165) is 67.0 Å². The van der Waals surface area contributed by atoms with Crippen LogP contribution in [-0.4, -0.2) is 19.1 Å². The summed E-state index contributed by atoms with van der Waals surface area (Å²) >= 11 is 0. The third kappa shape index (κ3) is 4.54. The third-order valence-corrected chi connectivity index (χ3v) is 9.77. The van der Waals surface area contributed by atoms with E-state index in [1.54, 1.807) is 0 Å². The van der Waals surface area contributed by atoms with Gasteiger partial charge in [-0.3, -0.25) is 4.57 Å². The predicted molar refractivity (Wildman–Crippen MR) is 207 cm³/mol. The summed E-state index contributed by atoms with van der Waals surface area (Å²) in [7, 11) is 0. The van der Waals surface area contributed by atoms with Gasteiger partial charge in [-0.15, -0.1) is 0 Å². The van der Waals surface area contributed by atoms with Crippen LogP contribution in [0.5, 0.6) is 0 Å². The third-order valence-electron chi connectivity index (χ3n) is 9.77. The number of rotatable bonds is 5. The quantitative estimate of drug-likeness (QED) is 0.188. The molecule has 0 bridgehead atoms. The molecule has 0 saturated carbocycles. The Morgan fingerprint density at radius 3 is 1.68 bits per heavy atom. The van der Waals surface area contributed by atoms with Gasteiger partial charge < -0.3 is 4.57 Å². The van der Waals surface area contributed by atoms with Crippen molar-refractivity contribution in [3.05, 3.63) is 182 Å². The van der Waals surface area contributed by atoms with E-state index in [0.29, 0.717) is 0 Å². The molecule has 10 aromatic rings. The number of aromatic nitrogens is 4. The number of nitrogens with zero attached hydrogens (tertiary/aromatic N) is 4. The lowest BCUT2D eigenvalue weighted by Gasteiger charge is -2.13. The molecule has 0 aliphatic rings. The van der Waals surface area contributed by atoms with Crippen molar-refractivity contribution in [2.75, 3.05) is 0 Å². The average Bonchev–Trinajstić information content (AvgIpc) is 3.71. The molecule has 4 heteroatoms. The highest BCUT2D eigenvalue weighted by atomic mass is 15.1. The highest BCUT2D eigenvalue weighted by Gasteiger charge is 2.18. The molecule has 0 radical (unpaired) electrons. The number of para-hydroxylation sites is 2. The van der Waals surface area contributed by atoms with Crippen LogP contribution in [0.25, 0.3) is 88.8 Å². The molecule has 0 N–H and O–H groups in total. The molecule has 50 heavy (non-hydrogen) atoms. The zero-order valence-corrected chi connectivity index (χ0v) is 27.1. The maximum absolute atomic E-state index is 5.30. The van der Waals surface area contributed by atoms with Crippen molar-refractivity contribution in [3.8, 4) is 45.0 Å². The van der Waals surface area contributed by atoms with Crippen molar-refractivity contribution >= 4 is 43.7 Å². The van der Waals surface area contributed by atoms with Gasteiger partial charge in [0.15, 0.2) is 0 Å². The lowest BCUT2D eigenvalue weighted by atomic mass is 10.0. The second-order valence-electron chi connectivity index (χ2n) is 12.7. The second-order valence-corrected chi connectivity index (χ2v) is 12.7. The summed E-state index contributed by atoms with van der Waals surface area (Å²) < 4.78 is 4.60. The van der Waals surface area contributed by atoms with Crippen molar-refractivity contribution in [2.45, 2.75) is 0 Å². The van der Waals surface area contributed by atoms with Crippen molar-refractivity contribution < 1.29 is 0 Å². The largest absolute Gasteiger partial charge is 0.309 e. The van der Waals surface area contributed by atoms with Crippen molar-refractivity contribution in [2.24, 2.45) is 0 Å². The minimum absolute atomic E-state index is 0.834. The van der Waals surface area contributed by atoms with Gasteiger partial charge in [0.05, 0.1) is 22.2 Å². The molecule has 4 nitrogen and oxygen atoms in total. The number of pyridine rings is 2. The first-order chi connectivity index (χ1) is 24.8. The first kappa shape index (κ1) is 28.3. The van der Waals surface area contributed by atoms with Crippen LogP contribution in [0.3, 0.4) is 0 Å². The fourth-order valence-electron chi connectivity index (χ4n) is 7.45. The van der Waals surface area contributed by atoms with E-state index in [2.05, 4.69) is 173 Å². The smallest absolute Gasteiger partial charge is 0.146 e. The van der Waals surface area contributed by atoms with E-state index in [9.17, 15) is 0 Å². The molecule has 0 amide bonds. The summed E-state index contributed by atoms with van der Waals surface area (Å²) in [6.45, 7) is 0. The lowest BCUT2D eigenvalue weighted by molar-refractivity contribution is 1.06. The van der Waals surface area contributed by atoms with Gasteiger partial charge in [0, 0.05) is 39.0 Å². The Labute approximate surface area is 289 Å². The van der Waals surface area contributed by atoms with Crippen LogP contribution in [0.15, 0.2) is 182 Å². The minimum atomic E-state index is 0.834. The Balaban J connectivity index is 1.22. The molecule has 0 aliphatic heterocycles. The van der Waals surface area contributed by atoms with Gasteiger partial charge >= 0.3 is 0 Å². The van der Waals surface area contributed by atoms with Crippen LogP contribution in [0.1, 0.15) is 0 Å². The molecule has 6 aromatic carbocycles. The summed E-state index contributed by atoms with van der Waals surface area (Å²) in [5, 5.41) is 4.73. The SMILES string of the molecule is c1ccc(-c2cc(-c3ccccc3)nc(-n3c4cc(-c5ccc6c7ccccc7n(-c7ccccc7)c6c5)ccc4c4cccnc43)c2)cc1. The topological polar surface area (TPSA) is 35.6 Å². The molecule has 0 aliphatic carbocycles. The summed E-state index contributed by atoms with van der Waals surface area (Å²) in [4.78, 5) is 10.2. The zero-order chi connectivity index (χ0) is 33.0. The maximum Gasteiger partial charge on any atom is 0.146 e. The molecular weight excluding hydrogens is 609 g/mol. The van der Waals surface area contributed by atoms with Gasteiger partial charge in [-0.25, -0.2) is 9.97 Å². The lowest BCUT2D eigenvalue weighted by Crippen LogP contribution is -2.01. The number of fused-ring (bicyclic) bond motifs is 6. The van der Waals surface area contributed by atoms with Gasteiger partial charge in [-0.05, 0) is 76.9 Å². The van der Waals surface area contributed by atoms with E-state index < -0.39 is 0 Å². The molecule has 0 fully saturated rings. The van der Waals surface area contributed by atoms with Crippen molar-refractivity contribution in [3.63, 3.8) is 0 Å². The molecule has 10 rings (SSSR count). The number of hydrogen-bond acceptors (Lipinski definition) is 2. The minimum Gasteiger partial charge on any atom is -0.309 e. The molecule has 234 valence electrons. The van der Waals surface area contributed by atoms with E-state index in [-0.39, 0.29) is 0 Å².